The molecule has 1 aromatic carbocycles. The molecule has 0 saturated heterocycles. The summed E-state index contributed by atoms with van der Waals surface area (Å²) in [6.45, 7) is 6.82. The summed E-state index contributed by atoms with van der Waals surface area (Å²) in [4.78, 5) is 41.6. The number of nitrogens with zero attached hydrogens (tertiary/aromatic N) is 3. The number of hydrogen-bond donors (Lipinski definition) is 0. The van der Waals surface area contributed by atoms with Crippen molar-refractivity contribution in [1.82, 2.24) is 4.90 Å². The second-order valence-electron chi connectivity index (χ2n) is 6.67. The fourth-order valence-electron chi connectivity index (χ4n) is 2.84. The number of methoxy groups -OCH3 is 2. The maximum Gasteiger partial charge on any atom is 0.463 e. The summed E-state index contributed by atoms with van der Waals surface area (Å²) in [6.07, 6.45) is 3.03. The largest absolute Gasteiger partial charge is 0.493 e. The van der Waals surface area contributed by atoms with Crippen LogP contribution in [0.2, 0.25) is 0 Å². The highest BCUT2D eigenvalue weighted by atomic mass is 16.5. The van der Waals surface area contributed by atoms with Gasteiger partial charge in [0.05, 0.1) is 20.8 Å². The molecule has 1 rings (SSSR count). The number of rotatable bonds is 12. The first-order valence-electron chi connectivity index (χ1n) is 9.91. The number of allylic oxidation sites excluding steroid dienone is 1. The van der Waals surface area contributed by atoms with Gasteiger partial charge in [-0.05, 0) is 43.9 Å². The number of esters is 1. The number of hydrogen-bond acceptors (Lipinski definition) is 6. The molecule has 168 valence electrons. The van der Waals surface area contributed by atoms with Crippen molar-refractivity contribution in [2.75, 3.05) is 27.4 Å². The monoisotopic (exact) mass is 431 g/mol. The summed E-state index contributed by atoms with van der Waals surface area (Å²) in [5.41, 5.74) is 9.13. The Balaban J connectivity index is 3.16. The minimum atomic E-state index is -1.10. The molecule has 0 aliphatic rings. The van der Waals surface area contributed by atoms with Gasteiger partial charge in [0.15, 0.2) is 11.5 Å². The maximum absolute atomic E-state index is 13.0. The number of carbonyl (C=O) groups excluding carboxylic acids is 3. The van der Waals surface area contributed by atoms with Crippen LogP contribution >= 0.6 is 0 Å². The zero-order valence-electron chi connectivity index (χ0n) is 18.4. The van der Waals surface area contributed by atoms with Crippen molar-refractivity contribution in [3.8, 4) is 11.5 Å². The molecule has 1 unspecified atom stereocenters. The van der Waals surface area contributed by atoms with Crippen LogP contribution in [0.15, 0.2) is 30.9 Å². The lowest BCUT2D eigenvalue weighted by molar-refractivity contribution is -0.149. The molecule has 31 heavy (non-hydrogen) atoms. The maximum atomic E-state index is 13.0. The summed E-state index contributed by atoms with van der Waals surface area (Å²) in [6, 6.07) is 5.23. The van der Waals surface area contributed by atoms with Crippen LogP contribution in [0.3, 0.4) is 0 Å². The van der Waals surface area contributed by atoms with Gasteiger partial charge in [-0.3, -0.25) is 14.5 Å². The Hall–Kier alpha value is -3.45. The van der Waals surface area contributed by atoms with E-state index >= 15 is 0 Å². The Morgan fingerprint density at radius 2 is 1.90 bits per heavy atom. The Morgan fingerprint density at radius 1 is 1.23 bits per heavy atom. The van der Waals surface area contributed by atoms with Crippen molar-refractivity contribution >= 4 is 23.5 Å². The molecule has 0 aliphatic carbocycles. The van der Waals surface area contributed by atoms with Crippen molar-refractivity contribution < 1.29 is 33.4 Å². The van der Waals surface area contributed by atoms with E-state index in [9.17, 15) is 19.9 Å². The molecule has 1 aromatic rings. The Kier molecular flexibility index (Phi) is 10.7. The van der Waals surface area contributed by atoms with Gasteiger partial charge in [0.2, 0.25) is 5.91 Å². The summed E-state index contributed by atoms with van der Waals surface area (Å²) < 4.78 is 15.2. The number of benzene rings is 1. The number of amides is 2. The average molecular weight is 431 g/mol. The standard InChI is InChI=1S/C22H29N3O6/c1-6-8-9-15(3)20(26)25(21(27)19(24-23)22(28)31-7-2)13-12-16-10-11-17(29-4)18(14-16)30-5/h6,10-11,14-15H,1,7-9,12-13H2,2-5H3. The van der Waals surface area contributed by atoms with Gasteiger partial charge in [-0.1, -0.05) is 19.1 Å². The topological polar surface area (TPSA) is 119 Å². The molecule has 0 aliphatic heterocycles. The first-order valence-corrected chi connectivity index (χ1v) is 9.91. The molecule has 0 N–H and O–H groups in total. The van der Waals surface area contributed by atoms with Gasteiger partial charge in [-0.2, -0.15) is 4.79 Å². The highest BCUT2D eigenvalue weighted by Gasteiger charge is 2.39. The fraction of sp³-hybridized carbons (Fsp3) is 0.455. The van der Waals surface area contributed by atoms with Gasteiger partial charge in [-0.15, -0.1) is 6.58 Å². The van der Waals surface area contributed by atoms with Crippen molar-refractivity contribution in [2.45, 2.75) is 33.1 Å². The van der Waals surface area contributed by atoms with E-state index in [0.29, 0.717) is 24.3 Å². The van der Waals surface area contributed by atoms with E-state index in [4.69, 9.17) is 14.2 Å². The van der Waals surface area contributed by atoms with E-state index < -0.39 is 29.4 Å². The van der Waals surface area contributed by atoms with E-state index in [1.807, 2.05) is 0 Å². The van der Waals surface area contributed by atoms with E-state index in [-0.39, 0.29) is 19.6 Å². The molecular formula is C22H29N3O6. The zero-order valence-corrected chi connectivity index (χ0v) is 18.4. The molecule has 2 amide bonds. The Bertz CT molecular complexity index is 861. The molecule has 9 nitrogen and oxygen atoms in total. The molecule has 0 aromatic heterocycles. The zero-order chi connectivity index (χ0) is 23.4. The van der Waals surface area contributed by atoms with Crippen LogP contribution in [0, 0.1) is 5.92 Å². The van der Waals surface area contributed by atoms with Gasteiger partial charge in [0, 0.05) is 12.5 Å². The molecule has 9 heteroatoms. The predicted octanol–water partition coefficient (Wildman–Crippen LogP) is 2.44. The lowest BCUT2D eigenvalue weighted by Gasteiger charge is -2.22. The third-order valence-electron chi connectivity index (χ3n) is 4.58. The molecule has 0 radical (unpaired) electrons. The van der Waals surface area contributed by atoms with Gasteiger partial charge in [0.25, 0.3) is 0 Å². The Morgan fingerprint density at radius 3 is 2.45 bits per heavy atom. The van der Waals surface area contributed by atoms with Gasteiger partial charge >= 0.3 is 17.6 Å². The molecule has 1 atom stereocenters. The minimum absolute atomic E-state index is 0.0134. The highest BCUT2D eigenvalue weighted by Crippen LogP contribution is 2.27. The molecule has 0 saturated carbocycles. The smallest absolute Gasteiger partial charge is 0.463 e. The third-order valence-corrected chi connectivity index (χ3v) is 4.58. The van der Waals surface area contributed by atoms with Crippen LogP contribution in [0.1, 0.15) is 32.3 Å². The quantitative estimate of drug-likeness (QED) is 0.125. The summed E-state index contributed by atoms with van der Waals surface area (Å²) in [5, 5.41) is 0. The van der Waals surface area contributed by atoms with Crippen LogP contribution in [-0.2, 0) is 25.5 Å². The van der Waals surface area contributed by atoms with Gasteiger partial charge in [0.1, 0.15) is 0 Å². The van der Waals surface area contributed by atoms with Crippen molar-refractivity contribution in [3.63, 3.8) is 0 Å². The number of imide groups is 1. The van der Waals surface area contributed by atoms with Crippen molar-refractivity contribution in [2.24, 2.45) is 5.92 Å². The van der Waals surface area contributed by atoms with Crippen molar-refractivity contribution in [3.05, 3.63) is 41.9 Å². The normalized spacial score (nSPS) is 11.0. The van der Waals surface area contributed by atoms with Crippen LogP contribution < -0.4 is 9.47 Å². The van der Waals surface area contributed by atoms with Gasteiger partial charge < -0.3 is 19.7 Å². The average Bonchev–Trinajstić information content (AvgIpc) is 2.77. The van der Waals surface area contributed by atoms with Crippen LogP contribution in [0.5, 0.6) is 11.5 Å². The SMILES string of the molecule is C=CCCC(C)C(=O)N(CCc1ccc(OC)c(OC)c1)C(=O)C(=[N+]=[N-])C(=O)OCC. The number of carbonyl (C=O) groups is 3. The third kappa shape index (κ3) is 7.08. The van der Waals surface area contributed by atoms with E-state index in [2.05, 4.69) is 11.4 Å². The van der Waals surface area contributed by atoms with Crippen LogP contribution in [0.4, 0.5) is 0 Å². The summed E-state index contributed by atoms with van der Waals surface area (Å²) >= 11 is 0. The second-order valence-corrected chi connectivity index (χ2v) is 6.67. The number of ether oxygens (including phenoxy) is 3. The molecule has 0 bridgehead atoms. The predicted molar refractivity (Wildman–Crippen MR) is 114 cm³/mol. The fourth-order valence-corrected chi connectivity index (χ4v) is 2.84. The molecule has 0 heterocycles. The van der Waals surface area contributed by atoms with E-state index in [1.54, 1.807) is 38.1 Å². The first kappa shape index (κ1) is 25.6. The highest BCUT2D eigenvalue weighted by molar-refractivity contribution is 6.62. The van der Waals surface area contributed by atoms with Crippen LogP contribution in [-0.4, -0.2) is 60.6 Å². The minimum Gasteiger partial charge on any atom is -0.493 e. The lowest BCUT2D eigenvalue weighted by Crippen LogP contribution is -2.47. The Labute approximate surface area is 182 Å². The summed E-state index contributed by atoms with van der Waals surface area (Å²) in [5.74, 6) is -2.06. The lowest BCUT2D eigenvalue weighted by atomic mass is 10.0. The van der Waals surface area contributed by atoms with Crippen LogP contribution in [0.25, 0.3) is 5.53 Å². The van der Waals surface area contributed by atoms with Crippen molar-refractivity contribution in [1.29, 1.82) is 0 Å². The van der Waals surface area contributed by atoms with E-state index in [0.717, 1.165) is 10.5 Å². The van der Waals surface area contributed by atoms with Gasteiger partial charge in [-0.25, -0.2) is 4.79 Å². The molecule has 0 fully saturated rings. The molecular weight excluding hydrogens is 402 g/mol. The van der Waals surface area contributed by atoms with E-state index in [1.165, 1.54) is 14.2 Å². The molecule has 0 spiro atoms. The second kappa shape index (κ2) is 13.0. The first-order chi connectivity index (χ1) is 14.8. The summed E-state index contributed by atoms with van der Waals surface area (Å²) in [7, 11) is 3.03.